The van der Waals surface area contributed by atoms with E-state index < -0.39 is 0 Å². The van der Waals surface area contributed by atoms with E-state index in [0.717, 1.165) is 43.0 Å². The molecule has 6 nitrogen and oxygen atoms in total. The van der Waals surface area contributed by atoms with Gasteiger partial charge in [0, 0.05) is 43.5 Å². The van der Waals surface area contributed by atoms with Crippen molar-refractivity contribution in [2.75, 3.05) is 31.1 Å². The average Bonchev–Trinajstić information content (AvgIpc) is 3.16. The molecule has 4 rings (SSSR count). The van der Waals surface area contributed by atoms with Crippen LogP contribution in [0.15, 0.2) is 30.3 Å². The third kappa shape index (κ3) is 4.03. The number of carbonyl (C=O) groups is 1. The molecule has 2 aliphatic rings. The minimum Gasteiger partial charge on any atom is -0.355 e. The van der Waals surface area contributed by atoms with E-state index >= 15 is 0 Å². The van der Waals surface area contributed by atoms with Gasteiger partial charge in [0.25, 0.3) is 5.91 Å². The lowest BCUT2D eigenvalue weighted by molar-refractivity contribution is 0.0760. The van der Waals surface area contributed by atoms with Gasteiger partial charge < -0.3 is 15.5 Å². The van der Waals surface area contributed by atoms with Crippen molar-refractivity contribution in [3.05, 3.63) is 58.6 Å². The van der Waals surface area contributed by atoms with Gasteiger partial charge in [0.2, 0.25) is 5.82 Å². The smallest absolute Gasteiger partial charge is 0.292 e. The lowest BCUT2D eigenvalue weighted by atomic mass is 9.98. The zero-order valence-electron chi connectivity index (χ0n) is 17.5. The van der Waals surface area contributed by atoms with Gasteiger partial charge in [0.1, 0.15) is 5.82 Å². The van der Waals surface area contributed by atoms with E-state index in [2.05, 4.69) is 52.1 Å². The summed E-state index contributed by atoms with van der Waals surface area (Å²) in [5.41, 5.74) is 11.7. The normalized spacial score (nSPS) is 19.4. The van der Waals surface area contributed by atoms with E-state index in [-0.39, 0.29) is 17.8 Å². The second kappa shape index (κ2) is 7.95. The maximum atomic E-state index is 13.1. The van der Waals surface area contributed by atoms with Crippen molar-refractivity contribution >= 4 is 17.3 Å². The predicted molar refractivity (Wildman–Crippen MR) is 116 cm³/mol. The molecule has 0 aliphatic carbocycles. The maximum Gasteiger partial charge on any atom is 0.292 e. The van der Waals surface area contributed by atoms with Gasteiger partial charge in [-0.15, -0.1) is 0 Å². The number of hydrogen-bond donors (Lipinski definition) is 1. The van der Waals surface area contributed by atoms with Crippen molar-refractivity contribution in [2.24, 2.45) is 5.73 Å². The number of carbonyl (C=O) groups excluding carboxylic acids is 1. The van der Waals surface area contributed by atoms with Gasteiger partial charge in [-0.3, -0.25) is 4.79 Å². The number of nitrogens with zero attached hydrogens (tertiary/aromatic N) is 4. The monoisotopic (exact) mass is 391 g/mol. The van der Waals surface area contributed by atoms with Crippen LogP contribution in [0.1, 0.15) is 45.8 Å². The second-order valence-electron chi connectivity index (χ2n) is 8.17. The van der Waals surface area contributed by atoms with Crippen molar-refractivity contribution in [2.45, 2.75) is 39.7 Å². The molecule has 0 radical (unpaired) electrons. The van der Waals surface area contributed by atoms with Gasteiger partial charge in [0.05, 0.1) is 0 Å². The second-order valence-corrected chi connectivity index (χ2v) is 8.17. The Bertz CT molecular complexity index is 950. The van der Waals surface area contributed by atoms with Gasteiger partial charge in [-0.25, -0.2) is 9.97 Å². The fourth-order valence-electron chi connectivity index (χ4n) is 4.02. The first-order valence-corrected chi connectivity index (χ1v) is 10.3. The first kappa shape index (κ1) is 19.6. The van der Waals surface area contributed by atoms with Crippen LogP contribution < -0.4 is 10.6 Å². The molecule has 1 fully saturated rings. The van der Waals surface area contributed by atoms with E-state index in [1.165, 1.54) is 16.7 Å². The Kier molecular flexibility index (Phi) is 5.37. The van der Waals surface area contributed by atoms with Gasteiger partial charge in [0.15, 0.2) is 0 Å². The lowest BCUT2D eigenvalue weighted by Gasteiger charge is -2.27. The van der Waals surface area contributed by atoms with Crippen molar-refractivity contribution in [1.82, 2.24) is 14.9 Å². The fraction of sp³-hybridized carbons (Fsp3) is 0.435. The standard InChI is InChI=1S/C23H29N5O/c1-15-4-6-18(7-5-15)19-8-11-27(12-9-19)23(29)21-25-17(3)16(2)22(26-21)28-13-10-20(24)14-28/h4-8,20H,9-14,24H2,1-3H3/t20-/m1/s1. The van der Waals surface area contributed by atoms with Crippen molar-refractivity contribution in [3.8, 4) is 0 Å². The molecule has 2 aromatic rings. The summed E-state index contributed by atoms with van der Waals surface area (Å²) in [6, 6.07) is 8.72. The summed E-state index contributed by atoms with van der Waals surface area (Å²) in [6.45, 7) is 8.96. The molecule has 1 aromatic heterocycles. The van der Waals surface area contributed by atoms with Crippen LogP contribution in [0, 0.1) is 20.8 Å². The molecule has 1 aromatic carbocycles. The van der Waals surface area contributed by atoms with Crippen molar-refractivity contribution < 1.29 is 4.79 Å². The number of rotatable bonds is 3. The summed E-state index contributed by atoms with van der Waals surface area (Å²) in [4.78, 5) is 26.3. The summed E-state index contributed by atoms with van der Waals surface area (Å²) in [5, 5.41) is 0. The summed E-state index contributed by atoms with van der Waals surface area (Å²) < 4.78 is 0. The first-order chi connectivity index (χ1) is 13.9. The molecular formula is C23H29N5O. The van der Waals surface area contributed by atoms with Crippen LogP contribution in [0.4, 0.5) is 5.82 Å². The van der Waals surface area contributed by atoms with Gasteiger partial charge >= 0.3 is 0 Å². The van der Waals surface area contributed by atoms with E-state index in [1.54, 1.807) is 0 Å². The molecule has 2 N–H and O–H groups in total. The highest BCUT2D eigenvalue weighted by molar-refractivity contribution is 5.91. The van der Waals surface area contributed by atoms with Crippen LogP contribution in [0.3, 0.4) is 0 Å². The lowest BCUT2D eigenvalue weighted by Crippen LogP contribution is -2.36. The molecule has 0 unspecified atom stereocenters. The van der Waals surface area contributed by atoms with E-state index in [4.69, 9.17) is 5.73 Å². The summed E-state index contributed by atoms with van der Waals surface area (Å²) in [6.07, 6.45) is 3.94. The number of hydrogen-bond acceptors (Lipinski definition) is 5. The Morgan fingerprint density at radius 2 is 1.86 bits per heavy atom. The third-order valence-electron chi connectivity index (χ3n) is 6.00. The van der Waals surface area contributed by atoms with Crippen molar-refractivity contribution in [3.63, 3.8) is 0 Å². The number of benzene rings is 1. The Morgan fingerprint density at radius 1 is 1.10 bits per heavy atom. The van der Waals surface area contributed by atoms with Crippen LogP contribution in [0.5, 0.6) is 0 Å². The Balaban J connectivity index is 1.53. The van der Waals surface area contributed by atoms with E-state index in [0.29, 0.717) is 13.1 Å². The molecule has 0 saturated carbocycles. The minimum absolute atomic E-state index is 0.1000. The topological polar surface area (TPSA) is 75.4 Å². The largest absolute Gasteiger partial charge is 0.355 e. The molecule has 1 atom stereocenters. The summed E-state index contributed by atoms with van der Waals surface area (Å²) >= 11 is 0. The van der Waals surface area contributed by atoms with Crippen LogP contribution >= 0.6 is 0 Å². The SMILES string of the molecule is Cc1ccc(C2=CCN(C(=O)c3nc(C)c(C)c(N4CC[C@@H](N)C4)n3)CC2)cc1. The maximum absolute atomic E-state index is 13.1. The molecule has 152 valence electrons. The van der Waals surface area contributed by atoms with Gasteiger partial charge in [-0.2, -0.15) is 0 Å². The molecule has 6 heteroatoms. The molecule has 0 spiro atoms. The molecule has 2 aliphatic heterocycles. The summed E-state index contributed by atoms with van der Waals surface area (Å²) in [5.74, 6) is 1.04. The zero-order valence-corrected chi connectivity index (χ0v) is 17.5. The highest BCUT2D eigenvalue weighted by atomic mass is 16.2. The van der Waals surface area contributed by atoms with Crippen molar-refractivity contribution in [1.29, 1.82) is 0 Å². The van der Waals surface area contributed by atoms with Crippen LogP contribution in [-0.2, 0) is 0 Å². The number of aromatic nitrogens is 2. The van der Waals surface area contributed by atoms with E-state index in [9.17, 15) is 4.79 Å². The summed E-state index contributed by atoms with van der Waals surface area (Å²) in [7, 11) is 0. The quantitative estimate of drug-likeness (QED) is 0.871. The van der Waals surface area contributed by atoms with Crippen LogP contribution in [0.25, 0.3) is 5.57 Å². The molecule has 0 bridgehead atoms. The van der Waals surface area contributed by atoms with Gasteiger partial charge in [-0.05, 0) is 44.7 Å². The molecule has 1 amide bonds. The number of anilines is 1. The fourth-order valence-corrected chi connectivity index (χ4v) is 4.02. The molecule has 1 saturated heterocycles. The number of nitrogens with two attached hydrogens (primary N) is 1. The van der Waals surface area contributed by atoms with E-state index in [1.807, 2.05) is 18.7 Å². The average molecular weight is 392 g/mol. The van der Waals surface area contributed by atoms with Crippen LogP contribution in [-0.4, -0.2) is 53.0 Å². The highest BCUT2D eigenvalue weighted by Gasteiger charge is 2.27. The Hall–Kier alpha value is -2.73. The first-order valence-electron chi connectivity index (χ1n) is 10.3. The Labute approximate surface area is 172 Å². The van der Waals surface area contributed by atoms with Gasteiger partial charge in [-0.1, -0.05) is 35.9 Å². The molecule has 3 heterocycles. The number of amides is 1. The molecular weight excluding hydrogens is 362 g/mol. The minimum atomic E-state index is -0.1000. The third-order valence-corrected chi connectivity index (χ3v) is 6.00. The highest BCUT2D eigenvalue weighted by Crippen LogP contribution is 2.26. The Morgan fingerprint density at radius 3 is 2.48 bits per heavy atom. The number of aryl methyl sites for hydroxylation is 2. The van der Waals surface area contributed by atoms with Crippen LogP contribution in [0.2, 0.25) is 0 Å². The predicted octanol–water partition coefficient (Wildman–Crippen LogP) is 2.87. The zero-order chi connectivity index (χ0) is 20.5. The molecule has 29 heavy (non-hydrogen) atoms.